The fourth-order valence-electron chi connectivity index (χ4n) is 6.37. The van der Waals surface area contributed by atoms with Crippen molar-refractivity contribution in [1.82, 2.24) is 35.5 Å². The number of ether oxygens (including phenoxy) is 1. The normalized spacial score (nSPS) is 32.1. The van der Waals surface area contributed by atoms with E-state index >= 15 is 0 Å². The van der Waals surface area contributed by atoms with E-state index < -0.39 is 11.4 Å². The molecule has 35 heavy (non-hydrogen) atoms. The molecule has 0 saturated carbocycles. The molecule has 2 amide bonds. The molecule has 4 aliphatic rings. The number of anilines is 1. The number of carbonyl (C=O) groups excluding carboxylic acids is 1. The molecule has 4 saturated heterocycles. The molecule has 11 heteroatoms. The van der Waals surface area contributed by atoms with Gasteiger partial charge < -0.3 is 19.9 Å². The molecule has 0 aromatic carbocycles. The number of nitrogens with zero attached hydrogens (tertiary/aromatic N) is 5. The van der Waals surface area contributed by atoms with Gasteiger partial charge in [0.2, 0.25) is 0 Å². The Balaban J connectivity index is 1.33. The average Bonchev–Trinajstić information content (AvgIpc) is 3.50. The molecule has 0 spiro atoms. The van der Waals surface area contributed by atoms with Crippen LogP contribution in [-0.4, -0.2) is 93.3 Å². The van der Waals surface area contributed by atoms with E-state index in [0.29, 0.717) is 25.1 Å². The molecule has 5 atom stereocenters. The summed E-state index contributed by atoms with van der Waals surface area (Å²) >= 11 is 0. The number of halogens is 1. The third kappa shape index (κ3) is 4.31. The van der Waals surface area contributed by atoms with Gasteiger partial charge in [0.1, 0.15) is 0 Å². The van der Waals surface area contributed by atoms with E-state index in [4.69, 9.17) is 4.74 Å². The summed E-state index contributed by atoms with van der Waals surface area (Å²) in [6.07, 6.45) is 3.19. The molecule has 0 bridgehead atoms. The molecule has 3 N–H and O–H groups in total. The van der Waals surface area contributed by atoms with Crippen LogP contribution in [0.1, 0.15) is 47.5 Å². The number of rotatable bonds is 5. The van der Waals surface area contributed by atoms with Gasteiger partial charge in [0.05, 0.1) is 30.6 Å². The molecule has 4 fully saturated rings. The number of hydrazine groups is 1. The summed E-state index contributed by atoms with van der Waals surface area (Å²) in [5.41, 5.74) is 6.20. The van der Waals surface area contributed by atoms with Gasteiger partial charge in [-0.1, -0.05) is 13.8 Å². The van der Waals surface area contributed by atoms with E-state index in [-0.39, 0.29) is 42.0 Å². The van der Waals surface area contributed by atoms with Crippen LogP contribution in [0, 0.1) is 17.7 Å². The van der Waals surface area contributed by atoms with Gasteiger partial charge in [0, 0.05) is 37.6 Å². The maximum atomic E-state index is 14.5. The Morgan fingerprint density at radius 2 is 2.11 bits per heavy atom. The number of likely N-dealkylation sites (tertiary alicyclic amines) is 1. The van der Waals surface area contributed by atoms with Crippen LogP contribution in [0.2, 0.25) is 0 Å². The predicted octanol–water partition coefficient (Wildman–Crippen LogP) is 1.86. The monoisotopic (exact) mass is 490 g/mol. The van der Waals surface area contributed by atoms with Crippen LogP contribution in [0.5, 0.6) is 6.01 Å². The molecule has 0 radical (unpaired) electrons. The van der Waals surface area contributed by atoms with E-state index in [1.165, 1.54) is 6.42 Å². The molecular formula is C24H39FN8O2. The number of hydrogen-bond donors (Lipinski definition) is 3. The maximum absolute atomic E-state index is 14.5. The van der Waals surface area contributed by atoms with Crippen LogP contribution in [-0.2, 0) is 0 Å². The number of piperazine rings is 1. The van der Waals surface area contributed by atoms with Crippen molar-refractivity contribution in [1.29, 1.82) is 0 Å². The zero-order valence-corrected chi connectivity index (χ0v) is 21.4. The summed E-state index contributed by atoms with van der Waals surface area (Å²) in [5, 5.41) is 3.18. The first-order valence-electron chi connectivity index (χ1n) is 13.0. The number of hydrogen-bond acceptors (Lipinski definition) is 8. The molecule has 5 rings (SSSR count). The van der Waals surface area contributed by atoms with Crippen molar-refractivity contribution in [2.75, 3.05) is 38.1 Å². The second-order valence-corrected chi connectivity index (χ2v) is 11.1. The minimum Gasteiger partial charge on any atom is -0.464 e. The third-order valence-corrected chi connectivity index (χ3v) is 8.36. The highest BCUT2D eigenvalue weighted by Gasteiger charge is 2.57. The highest BCUT2D eigenvalue weighted by molar-refractivity contribution is 5.77. The first-order valence-corrected chi connectivity index (χ1v) is 13.0. The van der Waals surface area contributed by atoms with Crippen molar-refractivity contribution in [3.8, 4) is 6.01 Å². The van der Waals surface area contributed by atoms with Gasteiger partial charge in [-0.3, -0.25) is 10.3 Å². The van der Waals surface area contributed by atoms with E-state index in [2.05, 4.69) is 63.6 Å². The largest absolute Gasteiger partial charge is 0.464 e. The summed E-state index contributed by atoms with van der Waals surface area (Å²) in [6, 6.07) is 0.926. The lowest BCUT2D eigenvalue weighted by molar-refractivity contribution is 0.0288. The molecule has 0 aliphatic carbocycles. The van der Waals surface area contributed by atoms with Crippen LogP contribution >= 0.6 is 0 Å². The second-order valence-electron chi connectivity index (χ2n) is 11.1. The first-order chi connectivity index (χ1) is 16.7. The Morgan fingerprint density at radius 3 is 2.86 bits per heavy atom. The number of fused-ring (bicyclic) bond motifs is 2. The molecule has 194 valence electrons. The first kappa shape index (κ1) is 24.5. The van der Waals surface area contributed by atoms with Gasteiger partial charge in [0.15, 0.2) is 11.6 Å². The minimum absolute atomic E-state index is 0.00507. The van der Waals surface area contributed by atoms with Crippen molar-refractivity contribution in [2.45, 2.75) is 77.3 Å². The number of carbonyl (C=O) groups is 1. The second kappa shape index (κ2) is 9.33. The topological polar surface area (TPSA) is 97.9 Å². The summed E-state index contributed by atoms with van der Waals surface area (Å²) in [5.74, 6) is -0.0364. The number of nitrogens with one attached hydrogen (secondary N) is 3. The Bertz CT molecular complexity index is 946. The van der Waals surface area contributed by atoms with E-state index in [1.54, 1.807) is 0 Å². The molecule has 3 unspecified atom stereocenters. The van der Waals surface area contributed by atoms with Gasteiger partial charge in [-0.25, -0.2) is 19.6 Å². The fraction of sp³-hybridized carbons (Fsp3) is 0.792. The summed E-state index contributed by atoms with van der Waals surface area (Å²) in [7, 11) is 0. The SMILES string of the molecule is CCOc1ncc(F)c(NC2NNC3C2CN(C(=O)N2C[C@@H]4CCCN4C[C@@H]2C(C)C)C3(C)C)n1. The molecular weight excluding hydrogens is 451 g/mol. The third-order valence-electron chi connectivity index (χ3n) is 8.36. The molecule has 4 aliphatic heterocycles. The minimum atomic E-state index is -0.543. The van der Waals surface area contributed by atoms with Crippen molar-refractivity contribution in [3.63, 3.8) is 0 Å². The Morgan fingerprint density at radius 1 is 1.31 bits per heavy atom. The Kier molecular flexibility index (Phi) is 6.52. The van der Waals surface area contributed by atoms with Crippen molar-refractivity contribution >= 4 is 11.8 Å². The van der Waals surface area contributed by atoms with Crippen LogP contribution in [0.4, 0.5) is 15.0 Å². The van der Waals surface area contributed by atoms with Crippen LogP contribution in [0.25, 0.3) is 0 Å². The summed E-state index contributed by atoms with van der Waals surface area (Å²) in [6.45, 7) is 14.3. The van der Waals surface area contributed by atoms with Crippen LogP contribution in [0.3, 0.4) is 0 Å². The van der Waals surface area contributed by atoms with E-state index in [9.17, 15) is 9.18 Å². The van der Waals surface area contributed by atoms with Crippen molar-refractivity contribution in [3.05, 3.63) is 12.0 Å². The van der Waals surface area contributed by atoms with Gasteiger partial charge in [-0.05, 0) is 46.1 Å². The number of amides is 2. The molecule has 10 nitrogen and oxygen atoms in total. The smallest absolute Gasteiger partial charge is 0.320 e. The lowest BCUT2D eigenvalue weighted by Crippen LogP contribution is -2.64. The van der Waals surface area contributed by atoms with Gasteiger partial charge >= 0.3 is 12.0 Å². The van der Waals surface area contributed by atoms with Crippen LogP contribution in [0.15, 0.2) is 6.20 Å². The zero-order chi connectivity index (χ0) is 24.9. The fourth-order valence-corrected chi connectivity index (χ4v) is 6.37. The van der Waals surface area contributed by atoms with Crippen molar-refractivity contribution < 1.29 is 13.9 Å². The summed E-state index contributed by atoms with van der Waals surface area (Å²) < 4.78 is 19.8. The molecule has 1 aromatic rings. The lowest BCUT2D eigenvalue weighted by atomic mass is 9.90. The standard InChI is InChI=1S/C24H39FN8O2/c1-6-35-22-26-10-17(25)21(28-22)27-20-16-12-33(24(4,5)19(16)29-30-20)23(34)32-11-15-8-7-9-31(15)13-18(32)14(2)3/h10,14-16,18-20,29-30H,6-9,11-13H2,1-5H3,(H,26,27,28)/t15-,16?,18+,19?,20?/m0/s1. The molecule has 5 heterocycles. The van der Waals surface area contributed by atoms with Crippen LogP contribution < -0.4 is 20.9 Å². The van der Waals surface area contributed by atoms with Gasteiger partial charge in [-0.15, -0.1) is 0 Å². The highest BCUT2D eigenvalue weighted by Crippen LogP contribution is 2.39. The van der Waals surface area contributed by atoms with Gasteiger partial charge in [-0.2, -0.15) is 4.98 Å². The Hall–Kier alpha value is -2.24. The van der Waals surface area contributed by atoms with Crippen molar-refractivity contribution in [2.24, 2.45) is 11.8 Å². The summed E-state index contributed by atoms with van der Waals surface area (Å²) in [4.78, 5) is 28.8. The average molecular weight is 491 g/mol. The number of aromatic nitrogens is 2. The predicted molar refractivity (Wildman–Crippen MR) is 130 cm³/mol. The Labute approximate surface area is 206 Å². The van der Waals surface area contributed by atoms with E-state index in [0.717, 1.165) is 32.3 Å². The van der Waals surface area contributed by atoms with E-state index in [1.807, 2.05) is 11.8 Å². The zero-order valence-electron chi connectivity index (χ0n) is 21.4. The molecule has 1 aromatic heterocycles. The quantitative estimate of drug-likeness (QED) is 0.576. The van der Waals surface area contributed by atoms with Gasteiger partial charge in [0.25, 0.3) is 0 Å². The lowest BCUT2D eigenvalue weighted by Gasteiger charge is -2.48. The highest BCUT2D eigenvalue weighted by atomic mass is 19.1. The maximum Gasteiger partial charge on any atom is 0.320 e. The number of urea groups is 1.